The highest BCUT2D eigenvalue weighted by Crippen LogP contribution is 2.05. The smallest absolute Gasteiger partial charge is 0.00157 e. The Morgan fingerprint density at radius 1 is 1.00 bits per heavy atom. The van der Waals surface area contributed by atoms with E-state index in [0.29, 0.717) is 0 Å². The van der Waals surface area contributed by atoms with Crippen LogP contribution in [-0.2, 0) is 12.8 Å². The minimum absolute atomic E-state index is 0.733. The fraction of sp³-hybridized carbons (Fsp3) is 0.500. The Kier molecular flexibility index (Phi) is 4.63. The van der Waals surface area contributed by atoms with Crippen LogP contribution < -0.4 is 5.73 Å². The molecule has 0 unspecified atom stereocenters. The van der Waals surface area contributed by atoms with Crippen molar-refractivity contribution in [1.29, 1.82) is 0 Å². The molecular formula is C12H20N2. The van der Waals surface area contributed by atoms with E-state index in [1.165, 1.54) is 11.1 Å². The van der Waals surface area contributed by atoms with Gasteiger partial charge in [0.25, 0.3) is 0 Å². The van der Waals surface area contributed by atoms with Crippen molar-refractivity contribution in [3.63, 3.8) is 0 Å². The Labute approximate surface area is 86.7 Å². The highest BCUT2D eigenvalue weighted by atomic mass is 15.0. The van der Waals surface area contributed by atoms with Crippen LogP contribution in [0.15, 0.2) is 24.3 Å². The fourth-order valence-electron chi connectivity index (χ4n) is 1.39. The number of nitrogens with zero attached hydrogens (tertiary/aromatic N) is 1. The first-order chi connectivity index (χ1) is 6.72. The Balaban J connectivity index is 2.46. The summed E-state index contributed by atoms with van der Waals surface area (Å²) < 4.78 is 0. The molecule has 0 aliphatic carbocycles. The quantitative estimate of drug-likeness (QED) is 0.761. The lowest BCUT2D eigenvalue weighted by Gasteiger charge is -2.09. The van der Waals surface area contributed by atoms with Crippen LogP contribution in [0.2, 0.25) is 0 Å². The molecule has 14 heavy (non-hydrogen) atoms. The third-order valence-corrected chi connectivity index (χ3v) is 2.30. The number of hydrogen-bond acceptors (Lipinski definition) is 2. The van der Waals surface area contributed by atoms with Gasteiger partial charge in [0.05, 0.1) is 0 Å². The van der Waals surface area contributed by atoms with E-state index in [1.54, 1.807) is 0 Å². The fourth-order valence-corrected chi connectivity index (χ4v) is 1.39. The molecule has 0 heterocycles. The molecule has 2 nitrogen and oxygen atoms in total. The van der Waals surface area contributed by atoms with Gasteiger partial charge in [-0.2, -0.15) is 0 Å². The zero-order chi connectivity index (χ0) is 10.4. The van der Waals surface area contributed by atoms with Crippen LogP contribution in [0.5, 0.6) is 0 Å². The number of likely N-dealkylation sites (N-methyl/N-ethyl adjacent to an activating group) is 1. The maximum absolute atomic E-state index is 5.49. The van der Waals surface area contributed by atoms with E-state index < -0.39 is 0 Å². The minimum Gasteiger partial charge on any atom is -0.330 e. The van der Waals surface area contributed by atoms with Gasteiger partial charge in [0, 0.05) is 6.54 Å². The Morgan fingerprint density at radius 2 is 1.50 bits per heavy atom. The van der Waals surface area contributed by atoms with Crippen molar-refractivity contribution in [3.05, 3.63) is 35.4 Å². The summed E-state index contributed by atoms with van der Waals surface area (Å²) in [6.07, 6.45) is 2.10. The summed E-state index contributed by atoms with van der Waals surface area (Å²) in [6, 6.07) is 8.76. The van der Waals surface area contributed by atoms with Gasteiger partial charge >= 0.3 is 0 Å². The second-order valence-electron chi connectivity index (χ2n) is 3.91. The summed E-state index contributed by atoms with van der Waals surface area (Å²) in [4.78, 5) is 2.20. The van der Waals surface area contributed by atoms with Crippen molar-refractivity contribution in [1.82, 2.24) is 4.90 Å². The predicted octanol–water partition coefficient (Wildman–Crippen LogP) is 1.29. The molecule has 0 amide bonds. The van der Waals surface area contributed by atoms with Gasteiger partial charge in [-0.25, -0.2) is 0 Å². The van der Waals surface area contributed by atoms with Crippen molar-refractivity contribution in [2.45, 2.75) is 12.8 Å². The molecule has 0 saturated carbocycles. The van der Waals surface area contributed by atoms with E-state index in [0.717, 1.165) is 25.9 Å². The normalized spacial score (nSPS) is 10.9. The second-order valence-corrected chi connectivity index (χ2v) is 3.91. The van der Waals surface area contributed by atoms with Crippen LogP contribution in [-0.4, -0.2) is 32.1 Å². The lowest BCUT2D eigenvalue weighted by atomic mass is 10.1. The molecule has 0 aliphatic heterocycles. The molecule has 2 N–H and O–H groups in total. The first-order valence-corrected chi connectivity index (χ1v) is 5.15. The molecule has 78 valence electrons. The zero-order valence-corrected chi connectivity index (χ0v) is 9.16. The Morgan fingerprint density at radius 3 is 1.93 bits per heavy atom. The van der Waals surface area contributed by atoms with Crippen molar-refractivity contribution in [3.8, 4) is 0 Å². The van der Waals surface area contributed by atoms with Gasteiger partial charge < -0.3 is 10.6 Å². The SMILES string of the molecule is CN(C)CCc1ccc(CCN)cc1. The number of hydrogen-bond donors (Lipinski definition) is 1. The van der Waals surface area contributed by atoms with Crippen molar-refractivity contribution in [2.24, 2.45) is 5.73 Å². The molecule has 0 radical (unpaired) electrons. The highest BCUT2D eigenvalue weighted by Gasteiger charge is 1.95. The van der Waals surface area contributed by atoms with E-state index in [9.17, 15) is 0 Å². The number of rotatable bonds is 5. The number of nitrogens with two attached hydrogens (primary N) is 1. The minimum atomic E-state index is 0.733. The molecule has 2 heteroatoms. The molecule has 0 fully saturated rings. The van der Waals surface area contributed by atoms with Gasteiger partial charge in [-0.15, -0.1) is 0 Å². The third-order valence-electron chi connectivity index (χ3n) is 2.30. The number of benzene rings is 1. The van der Waals surface area contributed by atoms with E-state index in [-0.39, 0.29) is 0 Å². The van der Waals surface area contributed by atoms with Crippen LogP contribution in [0, 0.1) is 0 Å². The van der Waals surface area contributed by atoms with E-state index in [1.807, 2.05) is 0 Å². The van der Waals surface area contributed by atoms with E-state index in [2.05, 4.69) is 43.3 Å². The van der Waals surface area contributed by atoms with Gasteiger partial charge in [0.1, 0.15) is 0 Å². The molecule has 1 aromatic carbocycles. The molecule has 0 atom stereocenters. The standard InChI is InChI=1S/C12H20N2/c1-14(2)10-8-12-5-3-11(4-6-12)7-9-13/h3-6H,7-10,13H2,1-2H3. The van der Waals surface area contributed by atoms with Crippen LogP contribution in [0.3, 0.4) is 0 Å². The van der Waals surface area contributed by atoms with Crippen molar-refractivity contribution in [2.75, 3.05) is 27.2 Å². The first kappa shape index (κ1) is 11.2. The second kappa shape index (κ2) is 5.78. The maximum Gasteiger partial charge on any atom is 0.00157 e. The molecule has 0 spiro atoms. The van der Waals surface area contributed by atoms with Crippen LogP contribution in [0.1, 0.15) is 11.1 Å². The van der Waals surface area contributed by atoms with Crippen molar-refractivity contribution < 1.29 is 0 Å². The molecule has 0 aliphatic rings. The van der Waals surface area contributed by atoms with Crippen LogP contribution in [0.25, 0.3) is 0 Å². The van der Waals surface area contributed by atoms with Gasteiger partial charge in [-0.1, -0.05) is 24.3 Å². The van der Waals surface area contributed by atoms with Gasteiger partial charge in [0.2, 0.25) is 0 Å². The van der Waals surface area contributed by atoms with Crippen LogP contribution >= 0.6 is 0 Å². The molecule has 1 aromatic rings. The van der Waals surface area contributed by atoms with E-state index >= 15 is 0 Å². The largest absolute Gasteiger partial charge is 0.330 e. The summed E-state index contributed by atoms with van der Waals surface area (Å²) in [5.74, 6) is 0. The lowest BCUT2D eigenvalue weighted by molar-refractivity contribution is 0.413. The van der Waals surface area contributed by atoms with E-state index in [4.69, 9.17) is 5.73 Å². The molecule has 0 aromatic heterocycles. The zero-order valence-electron chi connectivity index (χ0n) is 9.16. The van der Waals surface area contributed by atoms with Gasteiger partial charge in [0.15, 0.2) is 0 Å². The van der Waals surface area contributed by atoms with Crippen LogP contribution in [0.4, 0.5) is 0 Å². The maximum atomic E-state index is 5.49. The average Bonchev–Trinajstić information content (AvgIpc) is 2.17. The predicted molar refractivity (Wildman–Crippen MR) is 61.5 cm³/mol. The Bertz CT molecular complexity index is 252. The topological polar surface area (TPSA) is 29.3 Å². The Hall–Kier alpha value is -0.860. The summed E-state index contributed by atoms with van der Waals surface area (Å²) in [6.45, 7) is 1.84. The van der Waals surface area contributed by atoms with Crippen molar-refractivity contribution >= 4 is 0 Å². The van der Waals surface area contributed by atoms with Gasteiger partial charge in [-0.05, 0) is 44.6 Å². The lowest BCUT2D eigenvalue weighted by Crippen LogP contribution is -2.15. The van der Waals surface area contributed by atoms with Gasteiger partial charge in [-0.3, -0.25) is 0 Å². The molecular weight excluding hydrogens is 172 g/mol. The molecule has 1 rings (SSSR count). The molecule has 0 bridgehead atoms. The average molecular weight is 192 g/mol. The summed E-state index contributed by atoms with van der Waals surface area (Å²) in [7, 11) is 4.20. The third kappa shape index (κ3) is 3.90. The summed E-state index contributed by atoms with van der Waals surface area (Å²) >= 11 is 0. The summed E-state index contributed by atoms with van der Waals surface area (Å²) in [5.41, 5.74) is 8.23. The molecule has 0 saturated heterocycles. The first-order valence-electron chi connectivity index (χ1n) is 5.15. The monoisotopic (exact) mass is 192 g/mol. The summed E-state index contributed by atoms with van der Waals surface area (Å²) in [5, 5.41) is 0. The highest BCUT2D eigenvalue weighted by molar-refractivity contribution is 5.22.